The molecule has 212 valence electrons. The van der Waals surface area contributed by atoms with Gasteiger partial charge in [-0.25, -0.2) is 13.8 Å². The molecule has 0 amide bonds. The molecule has 1 N–H and O–H groups in total. The van der Waals surface area contributed by atoms with Crippen LogP contribution in [0.4, 0.5) is 20.5 Å². The average molecular weight is 554 g/mol. The quantitative estimate of drug-likeness (QED) is 0.252. The van der Waals surface area contributed by atoms with Crippen molar-refractivity contribution in [2.24, 2.45) is 0 Å². The molecule has 41 heavy (non-hydrogen) atoms. The number of hydrogen-bond donors (Lipinski definition) is 1. The molecule has 2 saturated heterocycles. The molecule has 2 aliphatic rings. The molecule has 0 bridgehead atoms. The maximum absolute atomic E-state index is 15.0. The van der Waals surface area contributed by atoms with Crippen molar-refractivity contribution >= 4 is 11.8 Å². The van der Waals surface area contributed by atoms with Crippen molar-refractivity contribution in [1.82, 2.24) is 14.9 Å². The number of piperidine rings is 2. The highest BCUT2D eigenvalue weighted by Crippen LogP contribution is 2.33. The van der Waals surface area contributed by atoms with Crippen LogP contribution in [-0.4, -0.2) is 53.6 Å². The number of rotatable bonds is 8. The number of aromatic nitrogens is 2. The molecular weight excluding hydrogens is 516 g/mol. The van der Waals surface area contributed by atoms with Crippen molar-refractivity contribution in [3.05, 3.63) is 108 Å². The lowest BCUT2D eigenvalue weighted by atomic mass is 9.91. The summed E-state index contributed by atoms with van der Waals surface area (Å²) in [5.74, 6) is 0.0156. The van der Waals surface area contributed by atoms with E-state index in [0.29, 0.717) is 29.9 Å². The third-order valence-electron chi connectivity index (χ3n) is 8.53. The van der Waals surface area contributed by atoms with E-state index in [0.717, 1.165) is 32.0 Å². The van der Waals surface area contributed by atoms with Gasteiger partial charge in [-0.2, -0.15) is 4.98 Å². The van der Waals surface area contributed by atoms with Crippen molar-refractivity contribution in [2.75, 3.05) is 42.9 Å². The van der Waals surface area contributed by atoms with Gasteiger partial charge in [0.05, 0.1) is 0 Å². The number of nitrogens with one attached hydrogen (secondary N) is 1. The molecular formula is C34H37F2N5. The molecule has 7 heteroatoms. The lowest BCUT2D eigenvalue weighted by molar-refractivity contribution is 0.141. The van der Waals surface area contributed by atoms with E-state index in [1.165, 1.54) is 55.6 Å². The van der Waals surface area contributed by atoms with Crippen LogP contribution in [0.5, 0.6) is 0 Å². The van der Waals surface area contributed by atoms with Gasteiger partial charge >= 0.3 is 0 Å². The predicted octanol–water partition coefficient (Wildman–Crippen LogP) is 7.12. The molecule has 3 aromatic carbocycles. The van der Waals surface area contributed by atoms with Crippen molar-refractivity contribution in [2.45, 2.75) is 44.1 Å². The summed E-state index contributed by atoms with van der Waals surface area (Å²) in [6.07, 6.45) is 7.79. The minimum absolute atomic E-state index is 0.0574. The maximum atomic E-state index is 15.0. The standard InChI is InChI=1S/C34H37F2N5/c35-27-14-15-29(32(36)22-27)31-24-38-34(41-20-16-28(17-21-41)40-18-8-3-9-19-40)39-33(31)37-23-30(25-10-4-1-5-11-25)26-12-6-2-7-13-26/h1-2,4-7,10-15,22,24,28,30H,3,8-9,16-21,23H2,(H,37,38,39). The summed E-state index contributed by atoms with van der Waals surface area (Å²) in [5, 5.41) is 3.54. The number of nitrogens with zero attached hydrogens (tertiary/aromatic N) is 4. The predicted molar refractivity (Wildman–Crippen MR) is 161 cm³/mol. The Morgan fingerprint density at radius 3 is 2.07 bits per heavy atom. The maximum Gasteiger partial charge on any atom is 0.227 e. The first-order chi connectivity index (χ1) is 20.2. The van der Waals surface area contributed by atoms with E-state index in [1.807, 2.05) is 36.4 Å². The van der Waals surface area contributed by atoms with E-state index < -0.39 is 11.6 Å². The van der Waals surface area contributed by atoms with Gasteiger partial charge in [-0.1, -0.05) is 67.1 Å². The van der Waals surface area contributed by atoms with Crippen molar-refractivity contribution in [3.63, 3.8) is 0 Å². The van der Waals surface area contributed by atoms with E-state index in [4.69, 9.17) is 4.98 Å². The van der Waals surface area contributed by atoms with Crippen LogP contribution in [0.1, 0.15) is 49.1 Å². The first-order valence-corrected chi connectivity index (χ1v) is 14.8. The van der Waals surface area contributed by atoms with Gasteiger partial charge in [0, 0.05) is 55.0 Å². The largest absolute Gasteiger partial charge is 0.368 e. The van der Waals surface area contributed by atoms with Gasteiger partial charge in [0.15, 0.2) is 0 Å². The minimum Gasteiger partial charge on any atom is -0.368 e. The van der Waals surface area contributed by atoms with Crippen LogP contribution < -0.4 is 10.2 Å². The first kappa shape index (κ1) is 27.3. The Balaban J connectivity index is 1.28. The minimum atomic E-state index is -0.630. The highest BCUT2D eigenvalue weighted by atomic mass is 19.1. The number of likely N-dealkylation sites (tertiary alicyclic amines) is 1. The second kappa shape index (κ2) is 12.8. The molecule has 2 aliphatic heterocycles. The summed E-state index contributed by atoms with van der Waals surface area (Å²) in [7, 11) is 0. The summed E-state index contributed by atoms with van der Waals surface area (Å²) < 4.78 is 28.8. The van der Waals surface area contributed by atoms with Gasteiger partial charge in [-0.15, -0.1) is 0 Å². The van der Waals surface area contributed by atoms with Crippen LogP contribution in [0.15, 0.2) is 85.1 Å². The van der Waals surface area contributed by atoms with Gasteiger partial charge in [-0.3, -0.25) is 0 Å². The number of hydrogen-bond acceptors (Lipinski definition) is 5. The van der Waals surface area contributed by atoms with E-state index in [-0.39, 0.29) is 11.5 Å². The monoisotopic (exact) mass is 553 g/mol. The van der Waals surface area contributed by atoms with Crippen molar-refractivity contribution in [1.29, 1.82) is 0 Å². The molecule has 2 fully saturated rings. The molecule has 3 heterocycles. The summed E-state index contributed by atoms with van der Waals surface area (Å²) >= 11 is 0. The SMILES string of the molecule is Fc1ccc(-c2cnc(N3CCC(N4CCCCC4)CC3)nc2NCC(c2ccccc2)c2ccccc2)c(F)c1. The molecule has 1 aromatic heterocycles. The fourth-order valence-electron chi connectivity index (χ4n) is 6.28. The topological polar surface area (TPSA) is 44.3 Å². The summed E-state index contributed by atoms with van der Waals surface area (Å²) in [6.45, 7) is 4.74. The Bertz CT molecular complexity index is 1380. The van der Waals surface area contributed by atoms with E-state index in [1.54, 1.807) is 6.20 Å². The molecule has 0 atom stereocenters. The second-order valence-corrected chi connectivity index (χ2v) is 11.1. The van der Waals surface area contributed by atoms with Gasteiger partial charge in [0.1, 0.15) is 17.5 Å². The fourth-order valence-corrected chi connectivity index (χ4v) is 6.28. The Hall–Kier alpha value is -3.84. The Kier molecular flexibility index (Phi) is 8.52. The van der Waals surface area contributed by atoms with Gasteiger partial charge in [0.2, 0.25) is 5.95 Å². The third-order valence-corrected chi connectivity index (χ3v) is 8.53. The lowest BCUT2D eigenvalue weighted by Gasteiger charge is -2.40. The van der Waals surface area contributed by atoms with Crippen molar-refractivity contribution in [3.8, 4) is 11.1 Å². The molecule has 4 aromatic rings. The molecule has 0 unspecified atom stereocenters. The normalized spacial score (nSPS) is 16.7. The number of anilines is 2. The third kappa shape index (κ3) is 6.41. The number of benzene rings is 3. The van der Waals surface area contributed by atoms with Gasteiger partial charge in [0.25, 0.3) is 0 Å². The molecule has 5 nitrogen and oxygen atoms in total. The summed E-state index contributed by atoms with van der Waals surface area (Å²) in [6, 6.07) is 25.0. The van der Waals surface area contributed by atoms with Crippen LogP contribution >= 0.6 is 0 Å². The number of halogens is 2. The molecule has 0 saturated carbocycles. The van der Waals surface area contributed by atoms with Crippen LogP contribution in [0.25, 0.3) is 11.1 Å². The smallest absolute Gasteiger partial charge is 0.227 e. The molecule has 0 spiro atoms. The lowest BCUT2D eigenvalue weighted by Crippen LogP contribution is -2.47. The van der Waals surface area contributed by atoms with Crippen molar-refractivity contribution < 1.29 is 8.78 Å². The molecule has 0 aliphatic carbocycles. The van der Waals surface area contributed by atoms with Crippen LogP contribution in [-0.2, 0) is 0 Å². The Morgan fingerprint density at radius 1 is 0.780 bits per heavy atom. The Morgan fingerprint density at radius 2 is 1.44 bits per heavy atom. The van der Waals surface area contributed by atoms with E-state index in [9.17, 15) is 8.78 Å². The van der Waals surface area contributed by atoms with Crippen LogP contribution in [0.2, 0.25) is 0 Å². The highest BCUT2D eigenvalue weighted by Gasteiger charge is 2.27. The zero-order valence-electron chi connectivity index (χ0n) is 23.4. The molecule has 0 radical (unpaired) electrons. The fraction of sp³-hybridized carbons (Fsp3) is 0.353. The van der Waals surface area contributed by atoms with E-state index in [2.05, 4.69) is 44.4 Å². The molecule has 6 rings (SSSR count). The second-order valence-electron chi connectivity index (χ2n) is 11.1. The first-order valence-electron chi connectivity index (χ1n) is 14.8. The zero-order valence-corrected chi connectivity index (χ0v) is 23.4. The van der Waals surface area contributed by atoms with Crippen LogP contribution in [0.3, 0.4) is 0 Å². The van der Waals surface area contributed by atoms with Gasteiger partial charge < -0.3 is 15.1 Å². The van der Waals surface area contributed by atoms with E-state index >= 15 is 0 Å². The summed E-state index contributed by atoms with van der Waals surface area (Å²) in [4.78, 5) is 14.5. The highest BCUT2D eigenvalue weighted by molar-refractivity contribution is 5.76. The van der Waals surface area contributed by atoms with Crippen LogP contribution in [0, 0.1) is 11.6 Å². The summed E-state index contributed by atoms with van der Waals surface area (Å²) in [5.41, 5.74) is 3.15. The van der Waals surface area contributed by atoms with Gasteiger partial charge in [-0.05, 0) is 62.0 Å². The zero-order chi connectivity index (χ0) is 28.0. The average Bonchev–Trinajstić information content (AvgIpc) is 3.03. The Labute approximate surface area is 241 Å².